The molecule has 2 N–H and O–H groups in total. The topological polar surface area (TPSA) is 68.7 Å². The van der Waals surface area contributed by atoms with Gasteiger partial charge in [-0.2, -0.15) is 0 Å². The minimum atomic E-state index is -0.110. The summed E-state index contributed by atoms with van der Waals surface area (Å²) in [6, 6.07) is 3.95. The lowest BCUT2D eigenvalue weighted by atomic mass is 10.2. The molecule has 0 aliphatic rings. The number of hydrogen-bond acceptors (Lipinski definition) is 4. The number of amides is 2. The molecule has 0 aliphatic heterocycles. The number of aliphatic hydroxyl groups excluding tert-OH is 1. The number of carbonyl (C=O) groups is 1. The van der Waals surface area contributed by atoms with Crippen molar-refractivity contribution in [3.63, 3.8) is 0 Å². The minimum Gasteiger partial charge on any atom is -0.396 e. The quantitative estimate of drug-likeness (QED) is 0.748. The van der Waals surface area contributed by atoms with E-state index < -0.39 is 0 Å². The first-order valence-corrected chi connectivity index (χ1v) is 7.23. The van der Waals surface area contributed by atoms with Gasteiger partial charge in [-0.15, -0.1) is 0 Å². The summed E-state index contributed by atoms with van der Waals surface area (Å²) < 4.78 is 0. The molecule has 1 aromatic heterocycles. The summed E-state index contributed by atoms with van der Waals surface area (Å²) in [6.07, 6.45) is 4.03. The van der Waals surface area contributed by atoms with Crippen molar-refractivity contribution in [3.8, 4) is 0 Å². The second-order valence-corrected chi connectivity index (χ2v) is 5.36. The maximum atomic E-state index is 12.3. The number of aromatic nitrogens is 1. The molecule has 2 amide bonds. The first-order valence-electron chi connectivity index (χ1n) is 7.23. The van der Waals surface area contributed by atoms with E-state index >= 15 is 0 Å². The second kappa shape index (κ2) is 9.31. The smallest absolute Gasteiger partial charge is 0.317 e. The van der Waals surface area contributed by atoms with Gasteiger partial charge >= 0.3 is 6.03 Å². The number of rotatable bonds is 8. The molecule has 0 aliphatic carbocycles. The Morgan fingerprint density at radius 3 is 2.81 bits per heavy atom. The highest BCUT2D eigenvalue weighted by molar-refractivity contribution is 5.74. The molecular weight excluding hydrogens is 268 g/mol. The highest BCUT2D eigenvalue weighted by Crippen LogP contribution is 2.04. The molecule has 118 valence electrons. The molecule has 1 atom stereocenters. The molecule has 1 aromatic rings. The van der Waals surface area contributed by atoms with Crippen molar-refractivity contribution in [2.45, 2.75) is 25.9 Å². The van der Waals surface area contributed by atoms with Gasteiger partial charge in [-0.1, -0.05) is 6.07 Å². The number of nitrogens with zero attached hydrogens (tertiary/aromatic N) is 3. The van der Waals surface area contributed by atoms with Crippen LogP contribution >= 0.6 is 0 Å². The predicted molar refractivity (Wildman–Crippen MR) is 82.9 cm³/mol. The molecule has 0 fully saturated rings. The van der Waals surface area contributed by atoms with Gasteiger partial charge in [0.2, 0.25) is 0 Å². The third-order valence-electron chi connectivity index (χ3n) is 3.40. The Morgan fingerprint density at radius 2 is 2.24 bits per heavy atom. The number of hydrogen-bond donors (Lipinski definition) is 2. The van der Waals surface area contributed by atoms with E-state index in [9.17, 15) is 4.79 Å². The van der Waals surface area contributed by atoms with E-state index in [4.69, 9.17) is 5.11 Å². The Morgan fingerprint density at radius 1 is 1.48 bits per heavy atom. The Bertz CT molecular complexity index is 411. The van der Waals surface area contributed by atoms with Crippen molar-refractivity contribution in [3.05, 3.63) is 30.1 Å². The standard InChI is InChI=1S/C15H26N4O2/c1-13(18(2)3)10-17-15(21)19(8-5-9-20)12-14-6-4-7-16-11-14/h4,6-7,11,13,20H,5,8-10,12H2,1-3H3,(H,17,21). The van der Waals surface area contributed by atoms with E-state index in [0.29, 0.717) is 26.1 Å². The third kappa shape index (κ3) is 6.55. The van der Waals surface area contributed by atoms with Crippen LogP contribution in [0.15, 0.2) is 24.5 Å². The molecule has 0 aromatic carbocycles. The molecule has 21 heavy (non-hydrogen) atoms. The lowest BCUT2D eigenvalue weighted by Gasteiger charge is -2.25. The largest absolute Gasteiger partial charge is 0.396 e. The van der Waals surface area contributed by atoms with Gasteiger partial charge in [-0.3, -0.25) is 4.98 Å². The number of aliphatic hydroxyl groups is 1. The second-order valence-electron chi connectivity index (χ2n) is 5.36. The molecule has 0 saturated carbocycles. The first kappa shape index (κ1) is 17.4. The molecule has 0 bridgehead atoms. The Balaban J connectivity index is 2.57. The van der Waals surface area contributed by atoms with Crippen molar-refractivity contribution in [2.24, 2.45) is 0 Å². The molecule has 0 spiro atoms. The molecule has 6 heteroatoms. The Labute approximate surface area is 126 Å². The lowest BCUT2D eigenvalue weighted by Crippen LogP contribution is -2.45. The monoisotopic (exact) mass is 294 g/mol. The highest BCUT2D eigenvalue weighted by atomic mass is 16.3. The molecular formula is C15H26N4O2. The van der Waals surface area contributed by atoms with Crippen LogP contribution in [0.4, 0.5) is 4.79 Å². The van der Waals surface area contributed by atoms with Gasteiger partial charge in [0.1, 0.15) is 0 Å². The summed E-state index contributed by atoms with van der Waals surface area (Å²) in [4.78, 5) is 20.1. The van der Waals surface area contributed by atoms with Gasteiger partial charge in [-0.25, -0.2) is 4.79 Å². The van der Waals surface area contributed by atoms with E-state index in [2.05, 4.69) is 22.1 Å². The van der Waals surface area contributed by atoms with Gasteiger partial charge in [0.15, 0.2) is 0 Å². The van der Waals surface area contributed by atoms with Crippen LogP contribution in [0.1, 0.15) is 18.9 Å². The van der Waals surface area contributed by atoms with E-state index in [0.717, 1.165) is 5.56 Å². The van der Waals surface area contributed by atoms with Crippen molar-refractivity contribution in [1.82, 2.24) is 20.1 Å². The Hall–Kier alpha value is -1.66. The molecule has 1 heterocycles. The van der Waals surface area contributed by atoms with Crippen LogP contribution in [0.5, 0.6) is 0 Å². The number of pyridine rings is 1. The number of carbonyl (C=O) groups excluding carboxylic acids is 1. The average molecular weight is 294 g/mol. The van der Waals surface area contributed by atoms with Crippen molar-refractivity contribution in [1.29, 1.82) is 0 Å². The zero-order valence-electron chi connectivity index (χ0n) is 13.1. The summed E-state index contributed by atoms with van der Waals surface area (Å²) in [7, 11) is 3.96. The maximum Gasteiger partial charge on any atom is 0.317 e. The van der Waals surface area contributed by atoms with E-state index in [1.165, 1.54) is 0 Å². The molecule has 0 saturated heterocycles. The van der Waals surface area contributed by atoms with E-state index in [1.807, 2.05) is 26.2 Å². The third-order valence-corrected chi connectivity index (χ3v) is 3.40. The summed E-state index contributed by atoms with van der Waals surface area (Å²) in [6.45, 7) is 3.74. The fourth-order valence-electron chi connectivity index (χ4n) is 1.76. The van der Waals surface area contributed by atoms with Gasteiger partial charge in [-0.05, 0) is 39.1 Å². The van der Waals surface area contributed by atoms with Crippen LogP contribution in [-0.4, -0.2) is 65.8 Å². The summed E-state index contributed by atoms with van der Waals surface area (Å²) in [5.41, 5.74) is 0.978. The van der Waals surface area contributed by atoms with Crippen LogP contribution in [0.3, 0.4) is 0 Å². The lowest BCUT2D eigenvalue weighted by molar-refractivity contribution is 0.182. The van der Waals surface area contributed by atoms with Gasteiger partial charge in [0.05, 0.1) is 0 Å². The van der Waals surface area contributed by atoms with Crippen LogP contribution in [0, 0.1) is 0 Å². The minimum absolute atomic E-state index is 0.0743. The van der Waals surface area contributed by atoms with Crippen LogP contribution in [0.2, 0.25) is 0 Å². The SMILES string of the molecule is CC(CNC(=O)N(CCCO)Cc1cccnc1)N(C)C. The number of urea groups is 1. The van der Waals surface area contributed by atoms with Crippen molar-refractivity contribution < 1.29 is 9.90 Å². The maximum absolute atomic E-state index is 12.3. The van der Waals surface area contributed by atoms with Gasteiger partial charge < -0.3 is 20.2 Å². The molecule has 1 rings (SSSR count). The van der Waals surface area contributed by atoms with Crippen molar-refractivity contribution in [2.75, 3.05) is 33.8 Å². The molecule has 6 nitrogen and oxygen atoms in total. The van der Waals surface area contributed by atoms with Crippen LogP contribution in [0.25, 0.3) is 0 Å². The van der Waals surface area contributed by atoms with Gasteiger partial charge in [0, 0.05) is 44.7 Å². The summed E-state index contributed by atoms with van der Waals surface area (Å²) in [5, 5.41) is 11.9. The summed E-state index contributed by atoms with van der Waals surface area (Å²) >= 11 is 0. The van der Waals surface area contributed by atoms with Crippen molar-refractivity contribution >= 4 is 6.03 Å². The summed E-state index contributed by atoms with van der Waals surface area (Å²) in [5.74, 6) is 0. The van der Waals surface area contributed by atoms with E-state index in [1.54, 1.807) is 17.3 Å². The first-order chi connectivity index (χ1) is 10.0. The number of nitrogens with one attached hydrogen (secondary N) is 1. The predicted octanol–water partition coefficient (Wildman–Crippen LogP) is 0.926. The highest BCUT2D eigenvalue weighted by Gasteiger charge is 2.15. The zero-order chi connectivity index (χ0) is 15.7. The van der Waals surface area contributed by atoms with E-state index in [-0.39, 0.29) is 18.7 Å². The number of likely N-dealkylation sites (N-methyl/N-ethyl adjacent to an activating group) is 1. The van der Waals surface area contributed by atoms with Crippen LogP contribution < -0.4 is 5.32 Å². The fraction of sp³-hybridized carbons (Fsp3) is 0.600. The zero-order valence-corrected chi connectivity index (χ0v) is 13.1. The average Bonchev–Trinajstić information content (AvgIpc) is 2.49. The fourth-order valence-corrected chi connectivity index (χ4v) is 1.76. The molecule has 0 radical (unpaired) electrons. The van der Waals surface area contributed by atoms with Gasteiger partial charge in [0.25, 0.3) is 0 Å². The Kier molecular flexibility index (Phi) is 7.71. The molecule has 1 unspecified atom stereocenters. The normalized spacial score (nSPS) is 12.2. The van der Waals surface area contributed by atoms with Crippen LogP contribution in [-0.2, 0) is 6.54 Å².